The number of anilines is 1. The molecule has 1 aromatic carbocycles. The summed E-state index contributed by atoms with van der Waals surface area (Å²) in [6, 6.07) is 10.1. The molecular weight excluding hydrogens is 531 g/mol. The number of fused-ring (bicyclic) bond motifs is 1. The van der Waals surface area contributed by atoms with Gasteiger partial charge in [-0.1, -0.05) is 11.3 Å². The number of ether oxygens (including phenoxy) is 1. The van der Waals surface area contributed by atoms with E-state index in [1.165, 1.54) is 11.0 Å². The summed E-state index contributed by atoms with van der Waals surface area (Å²) >= 11 is 0. The lowest BCUT2D eigenvalue weighted by atomic mass is 9.96. The number of pyridine rings is 1. The minimum atomic E-state index is -0.553. The van der Waals surface area contributed by atoms with Gasteiger partial charge >= 0.3 is 6.09 Å². The van der Waals surface area contributed by atoms with Crippen LogP contribution in [0.25, 0.3) is 11.1 Å². The number of β-amino-alcohol motifs (C(OH)–C–C–N with tert-alkyl or cyclic N) is 1. The number of amides is 2. The zero-order chi connectivity index (χ0) is 28.3. The predicted octanol–water partition coefficient (Wildman–Crippen LogP) is 1.08. The Bertz CT molecular complexity index is 1540. The zero-order valence-corrected chi connectivity index (χ0v) is 21.9. The van der Waals surface area contributed by atoms with E-state index < -0.39 is 35.6 Å². The first kappa shape index (κ1) is 25.6. The lowest BCUT2D eigenvalue weighted by Gasteiger charge is -2.25. The lowest BCUT2D eigenvalue weighted by molar-refractivity contribution is -0.132. The number of cyclic esters (lactones) is 1. The number of carbonyl (C=O) groups is 2. The molecule has 3 saturated heterocycles. The van der Waals surface area contributed by atoms with Crippen LogP contribution < -0.4 is 10.2 Å². The van der Waals surface area contributed by atoms with Gasteiger partial charge in [0.05, 0.1) is 60.2 Å². The Balaban J connectivity index is 1.06. The summed E-state index contributed by atoms with van der Waals surface area (Å²) in [5.74, 6) is -0.816. The van der Waals surface area contributed by atoms with E-state index in [1.54, 1.807) is 46.4 Å². The number of aliphatic hydroxyl groups is 1. The number of nitrogens with one attached hydrogen (secondary N) is 1. The monoisotopic (exact) mass is 558 g/mol. The third-order valence-electron chi connectivity index (χ3n) is 8.79. The molecule has 210 valence electrons. The van der Waals surface area contributed by atoms with Crippen molar-refractivity contribution >= 4 is 17.7 Å². The maximum Gasteiger partial charge on any atom is 0.414 e. The molecule has 2 N–H and O–H groups in total. The number of nitriles is 1. The van der Waals surface area contributed by atoms with Crippen LogP contribution in [-0.4, -0.2) is 86.4 Å². The fraction of sp³-hybridized carbons (Fsp3) is 0.429. The number of likely N-dealkylation sites (tertiary alicyclic amines) is 1. The molecule has 0 bridgehead atoms. The summed E-state index contributed by atoms with van der Waals surface area (Å²) in [6.07, 6.45) is 3.67. The summed E-state index contributed by atoms with van der Waals surface area (Å²) in [5.41, 5.74) is 1.45. The molecular formula is C28H27FN8O4. The van der Waals surface area contributed by atoms with Crippen molar-refractivity contribution in [2.24, 2.45) is 11.8 Å². The van der Waals surface area contributed by atoms with Crippen LogP contribution in [0.1, 0.15) is 12.1 Å². The molecule has 3 aliphatic heterocycles. The van der Waals surface area contributed by atoms with Crippen molar-refractivity contribution in [3.8, 4) is 17.2 Å². The zero-order valence-electron chi connectivity index (χ0n) is 21.9. The van der Waals surface area contributed by atoms with E-state index in [9.17, 15) is 20.0 Å². The third-order valence-corrected chi connectivity index (χ3v) is 8.79. The molecule has 12 nitrogen and oxygen atoms in total. The molecule has 2 amide bonds. The normalized spacial score (nSPS) is 30.3. The van der Waals surface area contributed by atoms with Gasteiger partial charge in [-0.2, -0.15) is 5.26 Å². The van der Waals surface area contributed by atoms with Crippen molar-refractivity contribution in [1.82, 2.24) is 30.2 Å². The number of rotatable bonds is 6. The Morgan fingerprint density at radius 3 is 2.85 bits per heavy atom. The lowest BCUT2D eigenvalue weighted by Crippen LogP contribution is -2.44. The number of piperidine rings is 1. The Morgan fingerprint density at radius 1 is 1.29 bits per heavy atom. The van der Waals surface area contributed by atoms with Gasteiger partial charge in [0.1, 0.15) is 11.9 Å². The highest BCUT2D eigenvalue weighted by Gasteiger charge is 2.72. The van der Waals surface area contributed by atoms with Gasteiger partial charge in [0.15, 0.2) is 0 Å². The van der Waals surface area contributed by atoms with Crippen LogP contribution in [0.3, 0.4) is 0 Å². The standard InChI is InChI=1S/C28H27FN8O4/c29-23-7-17(37-13-19(41-27(37)40)12-36-6-5-33-34-36)2-3-20(23)16-1-4-25(32-10-16)28-15-35(14-22(28)21(28)9-30)26(39)24-8-18(38)11-31-24/h1-7,10,18-19,21-22,24,31,38H,8,11-15H2/t18-,19+,21?,22?,24+,28?/m1/s1. The Labute approximate surface area is 234 Å². The van der Waals surface area contributed by atoms with Gasteiger partial charge in [0.25, 0.3) is 0 Å². The van der Waals surface area contributed by atoms with E-state index in [0.29, 0.717) is 55.1 Å². The summed E-state index contributed by atoms with van der Waals surface area (Å²) in [4.78, 5) is 33.2. The molecule has 4 aliphatic rings. The molecule has 13 heteroatoms. The van der Waals surface area contributed by atoms with Crippen molar-refractivity contribution in [3.05, 3.63) is 60.4 Å². The Kier molecular flexibility index (Phi) is 5.98. The predicted molar refractivity (Wildman–Crippen MR) is 141 cm³/mol. The van der Waals surface area contributed by atoms with Crippen molar-refractivity contribution in [1.29, 1.82) is 5.26 Å². The largest absolute Gasteiger partial charge is 0.442 e. The van der Waals surface area contributed by atoms with E-state index in [0.717, 1.165) is 0 Å². The highest BCUT2D eigenvalue weighted by atomic mass is 19.1. The van der Waals surface area contributed by atoms with Crippen LogP contribution in [0.4, 0.5) is 14.9 Å². The quantitative estimate of drug-likeness (QED) is 0.453. The number of aliphatic hydroxyl groups excluding tert-OH is 1. The molecule has 41 heavy (non-hydrogen) atoms. The van der Waals surface area contributed by atoms with Gasteiger partial charge in [-0.25, -0.2) is 13.9 Å². The molecule has 1 aliphatic carbocycles. The molecule has 6 atom stereocenters. The second-order valence-electron chi connectivity index (χ2n) is 11.2. The molecule has 0 spiro atoms. The molecule has 2 aromatic heterocycles. The second-order valence-corrected chi connectivity index (χ2v) is 11.2. The third kappa shape index (κ3) is 4.22. The fourth-order valence-electron chi connectivity index (χ4n) is 6.65. The molecule has 7 rings (SSSR count). The van der Waals surface area contributed by atoms with Gasteiger partial charge in [-0.05, 0) is 30.7 Å². The van der Waals surface area contributed by atoms with E-state index >= 15 is 4.39 Å². The first-order valence-corrected chi connectivity index (χ1v) is 13.6. The summed E-state index contributed by atoms with van der Waals surface area (Å²) in [7, 11) is 0. The van der Waals surface area contributed by atoms with Gasteiger partial charge in [-0.3, -0.25) is 14.7 Å². The van der Waals surface area contributed by atoms with E-state index in [4.69, 9.17) is 4.74 Å². The second kappa shape index (κ2) is 9.60. The number of aromatic nitrogens is 4. The SMILES string of the molecule is N#CC1C2CN(C(=O)[C@@H]3C[C@@H](O)CN3)CC12c1ccc(-c2ccc(N3C[C@H](Cn4ccnn4)OC3=O)cc2F)cn1. The Hall–Kier alpha value is -4.41. The summed E-state index contributed by atoms with van der Waals surface area (Å²) in [5, 5.41) is 30.3. The van der Waals surface area contributed by atoms with Crippen LogP contribution in [0.5, 0.6) is 0 Å². The van der Waals surface area contributed by atoms with Crippen LogP contribution in [0, 0.1) is 29.0 Å². The van der Waals surface area contributed by atoms with Crippen LogP contribution in [0.15, 0.2) is 48.9 Å². The van der Waals surface area contributed by atoms with E-state index in [1.807, 2.05) is 6.07 Å². The van der Waals surface area contributed by atoms with Crippen LogP contribution >= 0.6 is 0 Å². The number of carbonyl (C=O) groups excluding carboxylic acids is 2. The van der Waals surface area contributed by atoms with Crippen molar-refractivity contribution < 1.29 is 23.8 Å². The van der Waals surface area contributed by atoms with Gasteiger partial charge < -0.3 is 20.1 Å². The highest BCUT2D eigenvalue weighted by Crippen LogP contribution is 2.63. The molecule has 1 saturated carbocycles. The van der Waals surface area contributed by atoms with Crippen LogP contribution in [0.2, 0.25) is 0 Å². The topological polar surface area (TPSA) is 150 Å². The van der Waals surface area contributed by atoms with Crippen molar-refractivity contribution in [2.45, 2.75) is 36.6 Å². The first-order valence-electron chi connectivity index (χ1n) is 13.6. The van der Waals surface area contributed by atoms with Gasteiger partial charge in [-0.15, -0.1) is 5.10 Å². The minimum Gasteiger partial charge on any atom is -0.442 e. The molecule has 0 radical (unpaired) electrons. The van der Waals surface area contributed by atoms with E-state index in [2.05, 4.69) is 26.7 Å². The van der Waals surface area contributed by atoms with Crippen LogP contribution in [-0.2, 0) is 21.5 Å². The molecule has 3 unspecified atom stereocenters. The average molecular weight is 559 g/mol. The van der Waals surface area contributed by atoms with Crippen molar-refractivity contribution in [2.75, 3.05) is 31.1 Å². The van der Waals surface area contributed by atoms with Crippen molar-refractivity contribution in [3.63, 3.8) is 0 Å². The number of benzene rings is 1. The number of hydrogen-bond donors (Lipinski definition) is 2. The maximum absolute atomic E-state index is 15.3. The fourth-order valence-corrected chi connectivity index (χ4v) is 6.65. The summed E-state index contributed by atoms with van der Waals surface area (Å²) in [6.45, 7) is 1.87. The minimum absolute atomic E-state index is 0.00857. The first-order chi connectivity index (χ1) is 19.9. The summed E-state index contributed by atoms with van der Waals surface area (Å²) < 4.78 is 22.3. The number of hydrogen-bond acceptors (Lipinski definition) is 9. The highest BCUT2D eigenvalue weighted by molar-refractivity contribution is 5.90. The molecule has 3 aromatic rings. The average Bonchev–Trinajstić information content (AvgIpc) is 3.60. The maximum atomic E-state index is 15.3. The molecule has 4 fully saturated rings. The number of nitrogens with zero attached hydrogens (tertiary/aromatic N) is 7. The Morgan fingerprint density at radius 2 is 2.17 bits per heavy atom. The molecule has 5 heterocycles. The van der Waals surface area contributed by atoms with Gasteiger partial charge in [0.2, 0.25) is 5.91 Å². The smallest absolute Gasteiger partial charge is 0.414 e. The number of halogens is 1. The van der Waals surface area contributed by atoms with Gasteiger partial charge in [0, 0.05) is 49.1 Å². The van der Waals surface area contributed by atoms with E-state index in [-0.39, 0.29) is 24.3 Å².